The average molecular weight is 417 g/mol. The van der Waals surface area contributed by atoms with E-state index in [1.54, 1.807) is 6.92 Å². The van der Waals surface area contributed by atoms with Gasteiger partial charge in [-0.05, 0) is 24.6 Å². The number of benzene rings is 1. The molecule has 1 aromatic carbocycles. The van der Waals surface area contributed by atoms with Gasteiger partial charge in [0.15, 0.2) is 0 Å². The lowest BCUT2D eigenvalue weighted by Gasteiger charge is -2.37. The smallest absolute Gasteiger partial charge is 0.341 e. The summed E-state index contributed by atoms with van der Waals surface area (Å²) in [7, 11) is 0. The van der Waals surface area contributed by atoms with Crippen molar-refractivity contribution in [2.75, 3.05) is 44.3 Å². The van der Waals surface area contributed by atoms with E-state index < -0.39 is 5.97 Å². The quantitative estimate of drug-likeness (QED) is 0.694. The van der Waals surface area contributed by atoms with Crippen molar-refractivity contribution in [2.45, 2.75) is 13.0 Å². The molecule has 1 fully saturated rings. The molecule has 1 aliphatic heterocycles. The maximum absolute atomic E-state index is 11.7. The van der Waals surface area contributed by atoms with Crippen LogP contribution >= 0.6 is 11.6 Å². The van der Waals surface area contributed by atoms with Crippen LogP contribution in [0.5, 0.6) is 0 Å². The number of hydrogen-bond acceptors (Lipinski definition) is 7. The summed E-state index contributed by atoms with van der Waals surface area (Å²) >= 11 is 5.92. The second-order valence-corrected chi connectivity index (χ2v) is 7.11. The second-order valence-electron chi connectivity index (χ2n) is 6.68. The van der Waals surface area contributed by atoms with Crippen LogP contribution in [0.4, 0.5) is 5.95 Å². The first-order chi connectivity index (χ1) is 14.1. The number of nitrogens with zero attached hydrogens (tertiary/aromatic N) is 4. The van der Waals surface area contributed by atoms with Gasteiger partial charge in [0.1, 0.15) is 0 Å². The Kier molecular flexibility index (Phi) is 7.57. The Morgan fingerprint density at radius 1 is 1.21 bits per heavy atom. The Morgan fingerprint density at radius 3 is 2.45 bits per heavy atom. The van der Waals surface area contributed by atoms with Crippen LogP contribution in [0.15, 0.2) is 42.7 Å². The van der Waals surface area contributed by atoms with E-state index in [2.05, 4.69) is 19.8 Å². The molecule has 0 amide bonds. The van der Waals surface area contributed by atoms with Crippen molar-refractivity contribution in [3.63, 3.8) is 0 Å². The van der Waals surface area contributed by atoms with Gasteiger partial charge in [-0.25, -0.2) is 14.8 Å². The first-order valence-electron chi connectivity index (χ1n) is 9.63. The number of aliphatic hydroxyl groups excluding tert-OH is 1. The van der Waals surface area contributed by atoms with Crippen LogP contribution in [-0.2, 0) is 4.74 Å². The van der Waals surface area contributed by atoms with Gasteiger partial charge in [0.05, 0.1) is 24.8 Å². The van der Waals surface area contributed by atoms with E-state index in [0.29, 0.717) is 23.1 Å². The molecule has 7 nitrogen and oxygen atoms in total. The summed E-state index contributed by atoms with van der Waals surface area (Å²) in [6.07, 6.45) is 7.01. The lowest BCUT2D eigenvalue weighted by atomic mass is 10.1. The van der Waals surface area contributed by atoms with E-state index in [-0.39, 0.29) is 12.6 Å². The van der Waals surface area contributed by atoms with E-state index in [9.17, 15) is 9.90 Å². The molecular formula is C21H25ClN4O3. The molecule has 1 unspecified atom stereocenters. The number of rotatable bonds is 7. The maximum atomic E-state index is 11.7. The van der Waals surface area contributed by atoms with Gasteiger partial charge in [0, 0.05) is 43.6 Å². The lowest BCUT2D eigenvalue weighted by molar-refractivity contribution is 0.0525. The molecular weight excluding hydrogens is 392 g/mol. The van der Waals surface area contributed by atoms with Crippen molar-refractivity contribution in [2.24, 2.45) is 0 Å². The van der Waals surface area contributed by atoms with Crippen LogP contribution in [0, 0.1) is 0 Å². The molecule has 2 aromatic rings. The van der Waals surface area contributed by atoms with Gasteiger partial charge in [-0.2, -0.15) is 0 Å². The van der Waals surface area contributed by atoms with Crippen LogP contribution < -0.4 is 4.90 Å². The number of aromatic nitrogens is 2. The number of hydrogen-bond donors (Lipinski definition) is 1. The van der Waals surface area contributed by atoms with Gasteiger partial charge >= 0.3 is 5.97 Å². The summed E-state index contributed by atoms with van der Waals surface area (Å²) in [5.74, 6) is 0.178. The van der Waals surface area contributed by atoms with Gasteiger partial charge in [-0.15, -0.1) is 0 Å². The van der Waals surface area contributed by atoms with Crippen molar-refractivity contribution >= 4 is 29.6 Å². The third kappa shape index (κ3) is 5.76. The van der Waals surface area contributed by atoms with Crippen LogP contribution in [0.3, 0.4) is 0 Å². The summed E-state index contributed by atoms with van der Waals surface area (Å²) in [4.78, 5) is 24.6. The van der Waals surface area contributed by atoms with Crippen LogP contribution in [0.1, 0.15) is 22.8 Å². The first-order valence-corrected chi connectivity index (χ1v) is 10.0. The number of esters is 1. The third-order valence-electron chi connectivity index (χ3n) is 4.78. The molecule has 154 valence electrons. The zero-order valence-electron chi connectivity index (χ0n) is 16.4. The van der Waals surface area contributed by atoms with Crippen LogP contribution in [0.25, 0.3) is 6.08 Å². The summed E-state index contributed by atoms with van der Waals surface area (Å²) < 4.78 is 4.95. The molecule has 1 saturated heterocycles. The standard InChI is InChI=1S/C21H25ClN4O3/c1-2-29-20(28)17-13-23-21(24-14-17)26-11-9-25(10-12-26)19(15-27)8-5-16-3-6-18(22)7-4-16/h3-8,13-14,19,27H,2,9-12,15H2,1H3. The van der Waals surface area contributed by atoms with Gasteiger partial charge in [-0.3, -0.25) is 4.90 Å². The Hall–Kier alpha value is -2.48. The predicted molar refractivity (Wildman–Crippen MR) is 113 cm³/mol. The van der Waals surface area contributed by atoms with Crippen LogP contribution in [0.2, 0.25) is 5.02 Å². The lowest BCUT2D eigenvalue weighted by Crippen LogP contribution is -2.51. The minimum Gasteiger partial charge on any atom is -0.462 e. The highest BCUT2D eigenvalue weighted by molar-refractivity contribution is 6.30. The fourth-order valence-electron chi connectivity index (χ4n) is 3.15. The summed E-state index contributed by atoms with van der Waals surface area (Å²) in [6.45, 7) is 5.17. The molecule has 1 N–H and O–H groups in total. The average Bonchev–Trinajstić information content (AvgIpc) is 2.76. The normalized spacial score (nSPS) is 16.2. The first kappa shape index (κ1) is 21.2. The molecule has 0 radical (unpaired) electrons. The highest BCUT2D eigenvalue weighted by atomic mass is 35.5. The fraction of sp³-hybridized carbons (Fsp3) is 0.381. The second kappa shape index (κ2) is 10.3. The zero-order valence-corrected chi connectivity index (χ0v) is 17.1. The molecule has 0 saturated carbocycles. The third-order valence-corrected chi connectivity index (χ3v) is 5.04. The molecule has 29 heavy (non-hydrogen) atoms. The largest absolute Gasteiger partial charge is 0.462 e. The zero-order chi connectivity index (χ0) is 20.6. The number of halogens is 1. The topological polar surface area (TPSA) is 78.8 Å². The number of carbonyl (C=O) groups excluding carboxylic acids is 1. The molecule has 0 aliphatic carbocycles. The Morgan fingerprint density at radius 2 is 1.86 bits per heavy atom. The highest BCUT2D eigenvalue weighted by Gasteiger charge is 2.23. The number of piperazine rings is 1. The molecule has 1 aliphatic rings. The molecule has 1 atom stereocenters. The fourth-order valence-corrected chi connectivity index (χ4v) is 3.28. The minimum absolute atomic E-state index is 0.0504. The van der Waals surface area contributed by atoms with Crippen molar-refractivity contribution in [1.82, 2.24) is 14.9 Å². The summed E-state index contributed by atoms with van der Waals surface area (Å²) in [5, 5.41) is 10.5. The number of carbonyl (C=O) groups is 1. The van der Waals surface area contributed by atoms with Crippen molar-refractivity contribution < 1.29 is 14.6 Å². The van der Waals surface area contributed by atoms with Crippen molar-refractivity contribution in [1.29, 1.82) is 0 Å². The van der Waals surface area contributed by atoms with Gasteiger partial charge < -0.3 is 14.7 Å². The molecule has 1 aromatic heterocycles. The molecule has 2 heterocycles. The van der Waals surface area contributed by atoms with Gasteiger partial charge in [-0.1, -0.05) is 35.9 Å². The SMILES string of the molecule is CCOC(=O)c1cnc(N2CCN(C(C=Cc3ccc(Cl)cc3)CO)CC2)nc1. The Bertz CT molecular complexity index is 819. The summed E-state index contributed by atoms with van der Waals surface area (Å²) in [5.41, 5.74) is 1.39. The number of anilines is 1. The van der Waals surface area contributed by atoms with Crippen molar-refractivity contribution in [3.05, 3.63) is 58.9 Å². The van der Waals surface area contributed by atoms with E-state index in [0.717, 1.165) is 31.7 Å². The minimum atomic E-state index is -0.415. The monoisotopic (exact) mass is 416 g/mol. The predicted octanol–water partition coefficient (Wildman–Crippen LogP) is 2.50. The van der Waals surface area contributed by atoms with Gasteiger partial charge in [0.25, 0.3) is 0 Å². The van der Waals surface area contributed by atoms with E-state index >= 15 is 0 Å². The number of aliphatic hydroxyl groups is 1. The molecule has 0 bridgehead atoms. The number of ether oxygens (including phenoxy) is 1. The maximum Gasteiger partial charge on any atom is 0.341 e. The Balaban J connectivity index is 1.56. The molecule has 8 heteroatoms. The van der Waals surface area contributed by atoms with Crippen molar-refractivity contribution in [3.8, 4) is 0 Å². The van der Waals surface area contributed by atoms with E-state index in [4.69, 9.17) is 16.3 Å². The summed E-state index contributed by atoms with van der Waals surface area (Å²) in [6, 6.07) is 7.53. The van der Waals surface area contributed by atoms with Crippen LogP contribution in [-0.4, -0.2) is 71.4 Å². The highest BCUT2D eigenvalue weighted by Crippen LogP contribution is 2.15. The molecule has 3 rings (SSSR count). The Labute approximate surface area is 175 Å². The van der Waals surface area contributed by atoms with E-state index in [1.165, 1.54) is 12.4 Å². The van der Waals surface area contributed by atoms with E-state index in [1.807, 2.05) is 36.4 Å². The molecule has 0 spiro atoms. The van der Waals surface area contributed by atoms with Gasteiger partial charge in [0.2, 0.25) is 5.95 Å².